The largest absolute Gasteiger partial charge is 0.489 e. The number of hydrogen-bond acceptors (Lipinski definition) is 2. The maximum atomic E-state index is 5.84. The van der Waals surface area contributed by atoms with Crippen molar-refractivity contribution in [2.24, 2.45) is 0 Å². The van der Waals surface area contributed by atoms with E-state index in [-0.39, 0.29) is 0 Å². The molecular formula is C11H14INO. The molecule has 76 valence electrons. The van der Waals surface area contributed by atoms with Crippen molar-refractivity contribution < 1.29 is 4.74 Å². The van der Waals surface area contributed by atoms with Crippen molar-refractivity contribution in [3.05, 3.63) is 27.8 Å². The van der Waals surface area contributed by atoms with Gasteiger partial charge in [0.15, 0.2) is 0 Å². The Labute approximate surface area is 98.2 Å². The molecule has 0 aromatic heterocycles. The minimum absolute atomic E-state index is 0.351. The van der Waals surface area contributed by atoms with Crippen molar-refractivity contribution in [1.29, 1.82) is 0 Å². The Hall–Kier alpha value is -0.290. The summed E-state index contributed by atoms with van der Waals surface area (Å²) in [6.07, 6.45) is 2.73. The molecule has 0 bridgehead atoms. The van der Waals surface area contributed by atoms with Crippen LogP contribution in [0.2, 0.25) is 0 Å². The molecule has 0 saturated carbocycles. The van der Waals surface area contributed by atoms with Crippen LogP contribution in [0.3, 0.4) is 0 Å². The Morgan fingerprint density at radius 2 is 2.07 bits per heavy atom. The van der Waals surface area contributed by atoms with Crippen LogP contribution < -0.4 is 10.1 Å². The first-order valence-corrected chi connectivity index (χ1v) is 6.05. The van der Waals surface area contributed by atoms with Gasteiger partial charge >= 0.3 is 0 Å². The molecule has 0 radical (unpaired) electrons. The lowest BCUT2D eigenvalue weighted by molar-refractivity contribution is 0.167. The van der Waals surface area contributed by atoms with Gasteiger partial charge in [-0.05, 0) is 66.2 Å². The highest BCUT2D eigenvalue weighted by molar-refractivity contribution is 14.1. The molecule has 1 aromatic carbocycles. The number of hydrogen-bond donors (Lipinski definition) is 1. The number of nitrogens with one attached hydrogen (secondary N) is 1. The van der Waals surface area contributed by atoms with E-state index < -0.39 is 0 Å². The Balaban J connectivity index is 1.92. The number of ether oxygens (including phenoxy) is 1. The summed E-state index contributed by atoms with van der Waals surface area (Å²) in [5.41, 5.74) is 0. The van der Waals surface area contributed by atoms with Gasteiger partial charge < -0.3 is 10.1 Å². The standard InChI is InChI=1S/C11H14INO/c12-9-3-5-10(6-4-9)14-11-2-1-7-13-8-11/h3-6,11,13H,1-2,7-8H2. The third-order valence-electron chi connectivity index (χ3n) is 2.37. The molecule has 0 amide bonds. The van der Waals surface area contributed by atoms with Crippen LogP contribution in [0.25, 0.3) is 0 Å². The van der Waals surface area contributed by atoms with E-state index in [1.54, 1.807) is 0 Å². The van der Waals surface area contributed by atoms with Crippen LogP contribution in [0.5, 0.6) is 5.75 Å². The SMILES string of the molecule is Ic1ccc(OC2CCCNC2)cc1. The molecule has 14 heavy (non-hydrogen) atoms. The lowest BCUT2D eigenvalue weighted by Crippen LogP contribution is -2.37. The molecule has 0 aliphatic carbocycles. The monoisotopic (exact) mass is 303 g/mol. The third kappa shape index (κ3) is 2.85. The summed E-state index contributed by atoms with van der Waals surface area (Å²) in [5.74, 6) is 0.985. The van der Waals surface area contributed by atoms with Gasteiger partial charge in [0.2, 0.25) is 0 Å². The van der Waals surface area contributed by atoms with Crippen LogP contribution in [0.4, 0.5) is 0 Å². The first-order valence-electron chi connectivity index (χ1n) is 4.97. The quantitative estimate of drug-likeness (QED) is 0.847. The zero-order chi connectivity index (χ0) is 9.80. The summed E-state index contributed by atoms with van der Waals surface area (Å²) in [6, 6.07) is 8.23. The van der Waals surface area contributed by atoms with Crippen LogP contribution >= 0.6 is 22.6 Å². The number of halogens is 1. The van der Waals surface area contributed by atoms with E-state index in [4.69, 9.17) is 4.74 Å². The van der Waals surface area contributed by atoms with Gasteiger partial charge in [-0.2, -0.15) is 0 Å². The van der Waals surface area contributed by atoms with Gasteiger partial charge in [-0.15, -0.1) is 0 Å². The first-order chi connectivity index (χ1) is 6.84. The Morgan fingerprint density at radius 1 is 1.29 bits per heavy atom. The molecule has 1 fully saturated rings. The normalized spacial score (nSPS) is 21.9. The van der Waals surface area contributed by atoms with Gasteiger partial charge in [0.1, 0.15) is 11.9 Å². The van der Waals surface area contributed by atoms with E-state index in [1.165, 1.54) is 16.4 Å². The fourth-order valence-corrected chi connectivity index (χ4v) is 1.99. The summed E-state index contributed by atoms with van der Waals surface area (Å²) < 4.78 is 7.09. The van der Waals surface area contributed by atoms with Gasteiger partial charge in [-0.1, -0.05) is 0 Å². The molecule has 0 spiro atoms. The summed E-state index contributed by atoms with van der Waals surface area (Å²) in [6.45, 7) is 2.11. The van der Waals surface area contributed by atoms with Crippen LogP contribution in [0.1, 0.15) is 12.8 Å². The van der Waals surface area contributed by atoms with Crippen molar-refractivity contribution in [3.63, 3.8) is 0 Å². The predicted octanol–water partition coefficient (Wildman–Crippen LogP) is 2.42. The molecule has 1 atom stereocenters. The number of benzene rings is 1. The molecule has 1 unspecified atom stereocenters. The Bertz CT molecular complexity index is 280. The van der Waals surface area contributed by atoms with Crippen LogP contribution in [0.15, 0.2) is 24.3 Å². The smallest absolute Gasteiger partial charge is 0.119 e. The molecule has 1 heterocycles. The lowest BCUT2D eigenvalue weighted by atomic mass is 10.1. The molecule has 1 aliphatic rings. The third-order valence-corrected chi connectivity index (χ3v) is 3.09. The van der Waals surface area contributed by atoms with Gasteiger partial charge in [0.25, 0.3) is 0 Å². The second-order valence-corrected chi connectivity index (χ2v) is 4.79. The minimum atomic E-state index is 0.351. The second kappa shape index (κ2) is 4.98. The highest BCUT2D eigenvalue weighted by Gasteiger charge is 2.13. The molecule has 1 aliphatic heterocycles. The average molecular weight is 303 g/mol. The molecule has 1 aromatic rings. The first kappa shape index (κ1) is 10.2. The fourth-order valence-electron chi connectivity index (χ4n) is 1.63. The number of rotatable bonds is 2. The summed E-state index contributed by atoms with van der Waals surface area (Å²) in [7, 11) is 0. The van der Waals surface area contributed by atoms with Crippen molar-refractivity contribution in [2.75, 3.05) is 13.1 Å². The van der Waals surface area contributed by atoms with Gasteiger partial charge in [-0.25, -0.2) is 0 Å². The molecular weight excluding hydrogens is 289 g/mol. The van der Waals surface area contributed by atoms with Crippen LogP contribution in [-0.2, 0) is 0 Å². The summed E-state index contributed by atoms with van der Waals surface area (Å²) >= 11 is 2.30. The molecule has 1 N–H and O–H groups in total. The topological polar surface area (TPSA) is 21.3 Å². The summed E-state index contributed by atoms with van der Waals surface area (Å²) in [5, 5.41) is 3.34. The van der Waals surface area contributed by atoms with Crippen molar-refractivity contribution >= 4 is 22.6 Å². The van der Waals surface area contributed by atoms with E-state index in [9.17, 15) is 0 Å². The Morgan fingerprint density at radius 3 is 2.71 bits per heavy atom. The molecule has 2 rings (SSSR count). The van der Waals surface area contributed by atoms with Gasteiger partial charge in [-0.3, -0.25) is 0 Å². The van der Waals surface area contributed by atoms with E-state index in [1.807, 2.05) is 12.1 Å². The number of piperidine rings is 1. The highest BCUT2D eigenvalue weighted by atomic mass is 127. The van der Waals surface area contributed by atoms with E-state index >= 15 is 0 Å². The Kier molecular flexibility index (Phi) is 3.64. The van der Waals surface area contributed by atoms with Gasteiger partial charge in [0.05, 0.1) is 0 Å². The minimum Gasteiger partial charge on any atom is -0.489 e. The highest BCUT2D eigenvalue weighted by Crippen LogP contribution is 2.17. The van der Waals surface area contributed by atoms with E-state index in [0.29, 0.717) is 6.10 Å². The van der Waals surface area contributed by atoms with Crippen LogP contribution in [0, 0.1) is 3.57 Å². The van der Waals surface area contributed by atoms with Crippen molar-refractivity contribution in [1.82, 2.24) is 5.32 Å². The second-order valence-electron chi connectivity index (χ2n) is 3.54. The average Bonchev–Trinajstić information content (AvgIpc) is 2.23. The van der Waals surface area contributed by atoms with E-state index in [0.717, 1.165) is 18.8 Å². The van der Waals surface area contributed by atoms with Crippen molar-refractivity contribution in [2.45, 2.75) is 18.9 Å². The molecule has 3 heteroatoms. The van der Waals surface area contributed by atoms with Gasteiger partial charge in [0, 0.05) is 10.1 Å². The summed E-state index contributed by atoms with van der Waals surface area (Å²) in [4.78, 5) is 0. The fraction of sp³-hybridized carbons (Fsp3) is 0.455. The van der Waals surface area contributed by atoms with Crippen molar-refractivity contribution in [3.8, 4) is 5.75 Å². The maximum absolute atomic E-state index is 5.84. The molecule has 2 nitrogen and oxygen atoms in total. The zero-order valence-electron chi connectivity index (χ0n) is 8.00. The molecule has 1 saturated heterocycles. The lowest BCUT2D eigenvalue weighted by Gasteiger charge is -2.23. The maximum Gasteiger partial charge on any atom is 0.119 e. The van der Waals surface area contributed by atoms with Crippen LogP contribution in [-0.4, -0.2) is 19.2 Å². The zero-order valence-corrected chi connectivity index (χ0v) is 10.2. The van der Waals surface area contributed by atoms with E-state index in [2.05, 4.69) is 40.0 Å². The predicted molar refractivity (Wildman–Crippen MR) is 65.7 cm³/mol.